The average Bonchev–Trinajstić information content (AvgIpc) is 3.00. The summed E-state index contributed by atoms with van der Waals surface area (Å²) in [6.45, 7) is 5.05. The van der Waals surface area contributed by atoms with Gasteiger partial charge in [0.1, 0.15) is 4.90 Å². The van der Waals surface area contributed by atoms with Crippen LogP contribution in [0.5, 0.6) is 0 Å². The monoisotopic (exact) mass is 300 g/mol. The molecule has 0 amide bonds. The largest absolute Gasteiger partial charge is 0.381 e. The zero-order chi connectivity index (χ0) is 14.8. The minimum absolute atomic E-state index is 0.106. The molecule has 1 aliphatic rings. The molecule has 0 aliphatic heterocycles. The maximum atomic E-state index is 12.8. The van der Waals surface area contributed by atoms with Gasteiger partial charge in [0.25, 0.3) is 0 Å². The predicted molar refractivity (Wildman–Crippen MR) is 78.8 cm³/mol. The summed E-state index contributed by atoms with van der Waals surface area (Å²) in [5.74, 6) is 0.106. The van der Waals surface area contributed by atoms with Crippen LogP contribution in [-0.4, -0.2) is 35.1 Å². The summed E-state index contributed by atoms with van der Waals surface area (Å²) in [7, 11) is -3.54. The summed E-state index contributed by atoms with van der Waals surface area (Å²) < 4.78 is 28.8. The van der Waals surface area contributed by atoms with E-state index in [9.17, 15) is 8.42 Å². The molecule has 1 fully saturated rings. The highest BCUT2D eigenvalue weighted by Crippen LogP contribution is 2.30. The number of nitrogen functional groups attached to an aromatic ring is 1. The summed E-state index contributed by atoms with van der Waals surface area (Å²) in [6.07, 6.45) is 6.53. The summed E-state index contributed by atoms with van der Waals surface area (Å²) in [6, 6.07) is 0.110. The topological polar surface area (TPSA) is 81.2 Å². The lowest BCUT2D eigenvalue weighted by molar-refractivity contribution is 0.335. The van der Waals surface area contributed by atoms with Crippen LogP contribution in [0.15, 0.2) is 11.1 Å². The molecule has 1 aliphatic carbocycles. The minimum Gasteiger partial charge on any atom is -0.381 e. The van der Waals surface area contributed by atoms with Crippen molar-refractivity contribution >= 4 is 15.8 Å². The molecule has 2 rings (SSSR count). The first-order chi connectivity index (χ1) is 9.50. The summed E-state index contributed by atoms with van der Waals surface area (Å²) in [5.41, 5.74) is 5.81. The van der Waals surface area contributed by atoms with E-state index < -0.39 is 10.0 Å². The fraction of sp³-hybridized carbons (Fsp3) is 0.769. The molecular formula is C13H24N4O2S. The van der Waals surface area contributed by atoms with Crippen LogP contribution in [0.3, 0.4) is 0 Å². The van der Waals surface area contributed by atoms with E-state index in [0.717, 1.165) is 32.1 Å². The second-order valence-corrected chi connectivity index (χ2v) is 7.15. The molecule has 20 heavy (non-hydrogen) atoms. The highest BCUT2D eigenvalue weighted by Gasteiger charge is 2.34. The maximum Gasteiger partial charge on any atom is 0.248 e. The van der Waals surface area contributed by atoms with E-state index >= 15 is 0 Å². The number of nitrogens with two attached hydrogens (primary N) is 1. The Morgan fingerprint density at radius 2 is 2.05 bits per heavy atom. The van der Waals surface area contributed by atoms with Crippen LogP contribution in [-0.2, 0) is 16.6 Å². The third-order valence-corrected chi connectivity index (χ3v) is 5.88. The van der Waals surface area contributed by atoms with Crippen molar-refractivity contribution in [2.45, 2.75) is 63.4 Å². The van der Waals surface area contributed by atoms with Crippen LogP contribution in [0.2, 0.25) is 0 Å². The van der Waals surface area contributed by atoms with Gasteiger partial charge in [-0.1, -0.05) is 26.7 Å². The number of aromatic nitrogens is 2. The molecule has 6 nitrogen and oxygen atoms in total. The number of anilines is 1. The fourth-order valence-electron chi connectivity index (χ4n) is 2.90. The molecule has 1 heterocycles. The Morgan fingerprint density at radius 1 is 1.40 bits per heavy atom. The standard InChI is InChI=1S/C13H24N4O2S/c1-3-9-16-10-12(13(14)15-16)20(18,19)17(4-2)11-7-5-6-8-11/h10-11H,3-9H2,1-2H3,(H2,14,15). The van der Waals surface area contributed by atoms with Gasteiger partial charge in [-0.25, -0.2) is 8.42 Å². The van der Waals surface area contributed by atoms with E-state index in [-0.39, 0.29) is 16.8 Å². The van der Waals surface area contributed by atoms with E-state index in [1.165, 1.54) is 0 Å². The Balaban J connectivity index is 2.32. The fourth-order valence-corrected chi connectivity index (χ4v) is 4.66. The van der Waals surface area contributed by atoms with Crippen molar-refractivity contribution in [2.24, 2.45) is 0 Å². The Kier molecular flexibility index (Phi) is 4.70. The summed E-state index contributed by atoms with van der Waals surface area (Å²) in [4.78, 5) is 0.152. The molecule has 1 aromatic heterocycles. The summed E-state index contributed by atoms with van der Waals surface area (Å²) >= 11 is 0. The molecule has 2 N–H and O–H groups in total. The zero-order valence-corrected chi connectivity index (χ0v) is 13.1. The number of hydrogen-bond donors (Lipinski definition) is 1. The second kappa shape index (κ2) is 6.13. The van der Waals surface area contributed by atoms with Crippen molar-refractivity contribution in [1.82, 2.24) is 14.1 Å². The number of aryl methyl sites for hydroxylation is 1. The Hall–Kier alpha value is -1.08. The highest BCUT2D eigenvalue weighted by atomic mass is 32.2. The van der Waals surface area contributed by atoms with Crippen molar-refractivity contribution in [3.8, 4) is 0 Å². The first-order valence-corrected chi connectivity index (χ1v) is 8.79. The molecular weight excluding hydrogens is 276 g/mol. The van der Waals surface area contributed by atoms with Gasteiger partial charge in [-0.15, -0.1) is 0 Å². The summed E-state index contributed by atoms with van der Waals surface area (Å²) in [5, 5.41) is 4.10. The third kappa shape index (κ3) is 2.83. The third-order valence-electron chi connectivity index (χ3n) is 3.84. The first-order valence-electron chi connectivity index (χ1n) is 7.35. The molecule has 0 saturated heterocycles. The minimum atomic E-state index is -3.54. The molecule has 1 saturated carbocycles. The van der Waals surface area contributed by atoms with Gasteiger partial charge in [-0.2, -0.15) is 9.40 Å². The molecule has 0 radical (unpaired) electrons. The van der Waals surface area contributed by atoms with Gasteiger partial charge < -0.3 is 5.73 Å². The molecule has 0 spiro atoms. The molecule has 0 aromatic carbocycles. The van der Waals surface area contributed by atoms with Gasteiger partial charge in [0.2, 0.25) is 10.0 Å². The lowest BCUT2D eigenvalue weighted by Crippen LogP contribution is -2.38. The lowest BCUT2D eigenvalue weighted by Gasteiger charge is -2.26. The molecule has 0 unspecified atom stereocenters. The van der Waals surface area contributed by atoms with Crippen molar-refractivity contribution in [3.05, 3.63) is 6.20 Å². The Morgan fingerprint density at radius 3 is 2.60 bits per heavy atom. The van der Waals surface area contributed by atoms with E-state index in [1.807, 2.05) is 13.8 Å². The van der Waals surface area contributed by atoms with E-state index in [2.05, 4.69) is 5.10 Å². The van der Waals surface area contributed by atoms with Gasteiger partial charge in [0.05, 0.1) is 0 Å². The molecule has 7 heteroatoms. The molecule has 1 aromatic rings. The van der Waals surface area contributed by atoms with Crippen molar-refractivity contribution in [1.29, 1.82) is 0 Å². The Bertz CT molecular complexity index is 547. The second-order valence-electron chi connectivity index (χ2n) is 5.29. The Labute approximate surface area is 121 Å². The van der Waals surface area contributed by atoms with Gasteiger partial charge >= 0.3 is 0 Å². The van der Waals surface area contributed by atoms with E-state index in [4.69, 9.17) is 5.73 Å². The number of hydrogen-bond acceptors (Lipinski definition) is 4. The highest BCUT2D eigenvalue weighted by molar-refractivity contribution is 7.89. The first kappa shape index (κ1) is 15.3. The van der Waals surface area contributed by atoms with Crippen molar-refractivity contribution in [2.75, 3.05) is 12.3 Å². The van der Waals surface area contributed by atoms with E-state index in [0.29, 0.717) is 13.1 Å². The van der Waals surface area contributed by atoms with Crippen molar-refractivity contribution < 1.29 is 8.42 Å². The molecule has 0 bridgehead atoms. The van der Waals surface area contributed by atoms with Gasteiger partial charge in [-0.05, 0) is 19.3 Å². The van der Waals surface area contributed by atoms with E-state index in [1.54, 1.807) is 15.2 Å². The smallest absolute Gasteiger partial charge is 0.248 e. The number of nitrogens with zero attached hydrogens (tertiary/aromatic N) is 3. The van der Waals surface area contributed by atoms with Crippen LogP contribution >= 0.6 is 0 Å². The molecule has 0 atom stereocenters. The normalized spacial score (nSPS) is 17.1. The SMILES string of the molecule is CCCn1cc(S(=O)(=O)N(CC)C2CCCC2)c(N)n1. The van der Waals surface area contributed by atoms with Crippen LogP contribution in [0.25, 0.3) is 0 Å². The predicted octanol–water partition coefficient (Wildman–Crippen LogP) is 1.83. The van der Waals surface area contributed by atoms with Crippen LogP contribution in [0, 0.1) is 0 Å². The van der Waals surface area contributed by atoms with Crippen LogP contribution in [0.4, 0.5) is 5.82 Å². The van der Waals surface area contributed by atoms with Gasteiger partial charge in [-0.3, -0.25) is 4.68 Å². The average molecular weight is 300 g/mol. The lowest BCUT2D eigenvalue weighted by atomic mass is 10.2. The number of rotatable bonds is 6. The molecule has 114 valence electrons. The quantitative estimate of drug-likeness (QED) is 0.869. The maximum absolute atomic E-state index is 12.8. The van der Waals surface area contributed by atoms with Gasteiger partial charge in [0, 0.05) is 25.3 Å². The van der Waals surface area contributed by atoms with Crippen LogP contribution < -0.4 is 5.73 Å². The number of sulfonamides is 1. The van der Waals surface area contributed by atoms with Crippen LogP contribution in [0.1, 0.15) is 46.0 Å². The van der Waals surface area contributed by atoms with Gasteiger partial charge in [0.15, 0.2) is 5.82 Å². The van der Waals surface area contributed by atoms with Crippen molar-refractivity contribution in [3.63, 3.8) is 0 Å². The zero-order valence-electron chi connectivity index (χ0n) is 12.2.